The van der Waals surface area contributed by atoms with Crippen molar-refractivity contribution in [2.45, 2.75) is 68.8 Å². The van der Waals surface area contributed by atoms with E-state index in [0.29, 0.717) is 13.8 Å². The van der Waals surface area contributed by atoms with E-state index in [1.807, 2.05) is 0 Å². The molecule has 0 aliphatic heterocycles. The molecule has 190 valence electrons. The number of esters is 2. The lowest BCUT2D eigenvalue weighted by molar-refractivity contribution is -0.358. The number of hydrogen-bond donors (Lipinski definition) is 1. The van der Waals surface area contributed by atoms with Crippen LogP contribution in [0.3, 0.4) is 0 Å². The highest BCUT2D eigenvalue weighted by atomic mass is 32.2. The van der Waals surface area contributed by atoms with Crippen molar-refractivity contribution in [2.75, 3.05) is 13.2 Å². The molecule has 1 atom stereocenters. The summed E-state index contributed by atoms with van der Waals surface area (Å²) in [5, 5.41) is -5.99. The quantitative estimate of drug-likeness (QED) is 0.139. The lowest BCUT2D eigenvalue weighted by Crippen LogP contribution is -2.59. The van der Waals surface area contributed by atoms with Crippen LogP contribution in [-0.4, -0.2) is 66.9 Å². The second-order valence-corrected chi connectivity index (χ2v) is 8.22. The first-order chi connectivity index (χ1) is 14.1. The van der Waals surface area contributed by atoms with Gasteiger partial charge in [-0.1, -0.05) is 6.92 Å². The van der Waals surface area contributed by atoms with Gasteiger partial charge in [-0.2, -0.15) is 39.2 Å². The summed E-state index contributed by atoms with van der Waals surface area (Å²) in [6.07, 6.45) is -9.59. The van der Waals surface area contributed by atoms with Crippen molar-refractivity contribution in [1.29, 1.82) is 0 Å². The van der Waals surface area contributed by atoms with Gasteiger partial charge in [0.25, 0.3) is 0 Å². The Hall–Kier alpha value is -1.75. The molecule has 17 heteroatoms. The second-order valence-electron chi connectivity index (χ2n) is 6.76. The third kappa shape index (κ3) is 6.87. The topological polar surface area (TPSA) is 116 Å². The van der Waals surface area contributed by atoms with Crippen LogP contribution in [0.2, 0.25) is 0 Å². The fraction of sp³-hybridized carbons (Fsp3) is 0.867. The molecule has 8 nitrogen and oxygen atoms in total. The summed E-state index contributed by atoms with van der Waals surface area (Å²) >= 11 is 0. The molecule has 0 fully saturated rings. The van der Waals surface area contributed by atoms with Crippen molar-refractivity contribution >= 4 is 22.1 Å². The molecule has 0 aliphatic rings. The van der Waals surface area contributed by atoms with Crippen molar-refractivity contribution in [2.24, 2.45) is 0 Å². The van der Waals surface area contributed by atoms with E-state index >= 15 is 0 Å². The molecular formula is C15H20F8O8S. The molecule has 0 bridgehead atoms. The molecule has 1 unspecified atom stereocenters. The average molecular weight is 512 g/mol. The molecule has 0 aromatic rings. The van der Waals surface area contributed by atoms with Crippen LogP contribution in [0.1, 0.15) is 40.0 Å². The summed E-state index contributed by atoms with van der Waals surface area (Å²) in [5.41, 5.74) is -3.09. The van der Waals surface area contributed by atoms with Crippen LogP contribution in [0.25, 0.3) is 0 Å². The SMILES string of the molecule is CCCOC(=O)C(OCCCC(F)(F)C(F)(F)S(=O)(=O)O)(OC(=O)C(C)(C)F)C(F)(F)F. The summed E-state index contributed by atoms with van der Waals surface area (Å²) in [4.78, 5) is 23.6. The molecule has 0 heterocycles. The van der Waals surface area contributed by atoms with Gasteiger partial charge >= 0.3 is 45.2 Å². The van der Waals surface area contributed by atoms with Crippen molar-refractivity contribution in [3.63, 3.8) is 0 Å². The molecule has 0 spiro atoms. The van der Waals surface area contributed by atoms with Gasteiger partial charge in [0.15, 0.2) is 0 Å². The first-order valence-electron chi connectivity index (χ1n) is 8.59. The molecule has 0 rings (SSSR count). The van der Waals surface area contributed by atoms with Gasteiger partial charge in [-0.15, -0.1) is 0 Å². The van der Waals surface area contributed by atoms with Gasteiger partial charge in [-0.05, 0) is 26.7 Å². The van der Waals surface area contributed by atoms with Crippen LogP contribution in [0.15, 0.2) is 0 Å². The Labute approximate surface area is 176 Å². The third-order valence-electron chi connectivity index (χ3n) is 3.49. The average Bonchev–Trinajstić information content (AvgIpc) is 2.58. The summed E-state index contributed by atoms with van der Waals surface area (Å²) in [6.45, 7) is -0.0116. The van der Waals surface area contributed by atoms with E-state index in [2.05, 4.69) is 14.2 Å². The highest BCUT2D eigenvalue weighted by Gasteiger charge is 2.69. The Kier molecular flexibility index (Phi) is 9.48. The largest absolute Gasteiger partial charge is 0.468 e. The predicted molar refractivity (Wildman–Crippen MR) is 87.9 cm³/mol. The van der Waals surface area contributed by atoms with Gasteiger partial charge in [0.1, 0.15) is 0 Å². The lowest BCUT2D eigenvalue weighted by Gasteiger charge is -2.33. The lowest BCUT2D eigenvalue weighted by atomic mass is 10.1. The summed E-state index contributed by atoms with van der Waals surface area (Å²) in [5.74, 6) is -14.8. The molecule has 32 heavy (non-hydrogen) atoms. The number of rotatable bonds is 12. The van der Waals surface area contributed by atoms with E-state index in [1.54, 1.807) is 0 Å². The number of carbonyl (C=O) groups is 2. The minimum Gasteiger partial charge on any atom is -0.461 e. The number of alkyl halides is 8. The van der Waals surface area contributed by atoms with Crippen LogP contribution in [0, 0.1) is 0 Å². The normalized spacial score (nSPS) is 15.8. The first kappa shape index (κ1) is 30.2. The van der Waals surface area contributed by atoms with E-state index < -0.39 is 76.9 Å². The standard InChI is InChI=1S/C15H20F8O8S/c1-4-7-29-10(25)13(14(19,20)21,31-9(24)11(2,3)16)30-8-5-6-12(17,18)15(22,23)32(26,27)28/h4-8H2,1-3H3,(H,26,27,28). The van der Waals surface area contributed by atoms with Gasteiger partial charge in [-0.3, -0.25) is 4.55 Å². The Balaban J connectivity index is 5.81. The summed E-state index contributed by atoms with van der Waals surface area (Å²) < 4.78 is 149. The van der Waals surface area contributed by atoms with Crippen LogP contribution in [0.4, 0.5) is 35.1 Å². The fourth-order valence-corrected chi connectivity index (χ4v) is 2.25. The maximum Gasteiger partial charge on any atom is 0.468 e. The smallest absolute Gasteiger partial charge is 0.461 e. The maximum absolute atomic E-state index is 13.7. The van der Waals surface area contributed by atoms with E-state index in [-0.39, 0.29) is 6.42 Å². The molecule has 0 aromatic carbocycles. The third-order valence-corrected chi connectivity index (χ3v) is 4.44. The van der Waals surface area contributed by atoms with Gasteiger partial charge in [-0.25, -0.2) is 14.0 Å². The van der Waals surface area contributed by atoms with Crippen molar-refractivity contribution in [1.82, 2.24) is 0 Å². The highest BCUT2D eigenvalue weighted by molar-refractivity contribution is 7.87. The molecule has 0 amide bonds. The van der Waals surface area contributed by atoms with Crippen molar-refractivity contribution < 1.29 is 71.9 Å². The van der Waals surface area contributed by atoms with Gasteiger partial charge in [0.2, 0.25) is 5.67 Å². The zero-order valence-corrected chi connectivity index (χ0v) is 17.6. The number of hydrogen-bond acceptors (Lipinski definition) is 7. The minimum atomic E-state index is -6.59. The van der Waals surface area contributed by atoms with E-state index in [1.165, 1.54) is 6.92 Å². The zero-order chi connectivity index (χ0) is 25.8. The molecule has 0 aromatic heterocycles. The van der Waals surface area contributed by atoms with Crippen molar-refractivity contribution in [3.05, 3.63) is 0 Å². The second kappa shape index (κ2) is 10.0. The van der Waals surface area contributed by atoms with Crippen LogP contribution in [0.5, 0.6) is 0 Å². The van der Waals surface area contributed by atoms with Gasteiger partial charge in [0.05, 0.1) is 13.2 Å². The van der Waals surface area contributed by atoms with E-state index in [9.17, 15) is 53.1 Å². The molecule has 0 radical (unpaired) electrons. The summed E-state index contributed by atoms with van der Waals surface area (Å²) in [6, 6.07) is 0. The van der Waals surface area contributed by atoms with E-state index in [4.69, 9.17) is 4.55 Å². The Bertz CT molecular complexity index is 775. The molecule has 0 aliphatic carbocycles. The molecular weight excluding hydrogens is 492 g/mol. The van der Waals surface area contributed by atoms with Crippen LogP contribution < -0.4 is 0 Å². The van der Waals surface area contributed by atoms with Gasteiger partial charge < -0.3 is 14.2 Å². The zero-order valence-electron chi connectivity index (χ0n) is 16.8. The molecule has 0 saturated carbocycles. The molecule has 1 N–H and O–H groups in total. The minimum absolute atomic E-state index is 0.0286. The highest BCUT2D eigenvalue weighted by Crippen LogP contribution is 2.42. The Morgan fingerprint density at radius 1 is 0.906 bits per heavy atom. The fourth-order valence-electron chi connectivity index (χ4n) is 1.77. The molecule has 0 saturated heterocycles. The van der Waals surface area contributed by atoms with Crippen LogP contribution in [-0.2, 0) is 33.9 Å². The first-order valence-corrected chi connectivity index (χ1v) is 10.0. The van der Waals surface area contributed by atoms with Crippen molar-refractivity contribution in [3.8, 4) is 0 Å². The monoisotopic (exact) mass is 512 g/mol. The van der Waals surface area contributed by atoms with E-state index in [0.717, 1.165) is 0 Å². The van der Waals surface area contributed by atoms with Gasteiger partial charge in [0, 0.05) is 6.42 Å². The summed E-state index contributed by atoms with van der Waals surface area (Å²) in [7, 11) is -6.59. The number of halogens is 8. The maximum atomic E-state index is 13.7. The Morgan fingerprint density at radius 2 is 1.41 bits per heavy atom. The van der Waals surface area contributed by atoms with Crippen LogP contribution >= 0.6 is 0 Å². The predicted octanol–water partition coefficient (Wildman–Crippen LogP) is 3.40. The number of carbonyl (C=O) groups excluding carboxylic acids is 2. The number of ether oxygens (including phenoxy) is 3. The Morgan fingerprint density at radius 3 is 1.78 bits per heavy atom.